The minimum Gasteiger partial charge on any atom is -0.322 e. The molecule has 0 bridgehead atoms. The van der Waals surface area contributed by atoms with Gasteiger partial charge in [0.05, 0.1) is 0 Å². The number of aryl methyl sites for hydroxylation is 1. The predicted octanol–water partition coefficient (Wildman–Crippen LogP) is 3.63. The largest absolute Gasteiger partial charge is 0.322 e. The van der Waals surface area contributed by atoms with Crippen LogP contribution in [0.25, 0.3) is 6.08 Å². The van der Waals surface area contributed by atoms with Crippen LogP contribution in [0.3, 0.4) is 0 Å². The number of nitrogens with one attached hydrogen (secondary N) is 1. The standard InChI is InChI=1S/C18H15NO/c1-3-15-8-6-10-17(13-15)19-18(20)12-11-16-9-5-4-7-14(16)2/h1,4-13H,2H3,(H,19,20)/b12-11+. The fourth-order valence-corrected chi connectivity index (χ4v) is 1.81. The molecule has 0 spiro atoms. The van der Waals surface area contributed by atoms with Gasteiger partial charge in [-0.3, -0.25) is 4.79 Å². The van der Waals surface area contributed by atoms with Gasteiger partial charge in [-0.15, -0.1) is 6.42 Å². The summed E-state index contributed by atoms with van der Waals surface area (Å²) < 4.78 is 0. The molecule has 2 aromatic carbocycles. The Balaban J connectivity index is 2.06. The number of carbonyl (C=O) groups is 1. The van der Waals surface area contributed by atoms with E-state index in [1.54, 1.807) is 18.2 Å². The minimum absolute atomic E-state index is 0.178. The number of amides is 1. The van der Waals surface area contributed by atoms with Gasteiger partial charge in [0.2, 0.25) is 5.91 Å². The van der Waals surface area contributed by atoms with Crippen molar-refractivity contribution in [2.75, 3.05) is 5.32 Å². The van der Waals surface area contributed by atoms with Crippen LogP contribution in [0.1, 0.15) is 16.7 Å². The molecule has 2 rings (SSSR count). The monoisotopic (exact) mass is 261 g/mol. The van der Waals surface area contributed by atoms with Crippen molar-refractivity contribution in [3.63, 3.8) is 0 Å². The van der Waals surface area contributed by atoms with Gasteiger partial charge in [0.25, 0.3) is 0 Å². The second-order valence-corrected chi connectivity index (χ2v) is 4.40. The Hall–Kier alpha value is -2.79. The third-order valence-corrected chi connectivity index (χ3v) is 2.90. The van der Waals surface area contributed by atoms with Gasteiger partial charge >= 0.3 is 0 Å². The van der Waals surface area contributed by atoms with E-state index in [4.69, 9.17) is 6.42 Å². The van der Waals surface area contributed by atoms with Gasteiger partial charge < -0.3 is 5.32 Å². The van der Waals surface area contributed by atoms with E-state index in [0.29, 0.717) is 5.69 Å². The SMILES string of the molecule is C#Cc1cccc(NC(=O)/C=C/c2ccccc2C)c1. The third-order valence-electron chi connectivity index (χ3n) is 2.90. The van der Waals surface area contributed by atoms with Gasteiger partial charge in [0, 0.05) is 17.3 Å². The fourth-order valence-electron chi connectivity index (χ4n) is 1.81. The molecule has 98 valence electrons. The van der Waals surface area contributed by atoms with Crippen LogP contribution in [0, 0.1) is 19.3 Å². The summed E-state index contributed by atoms with van der Waals surface area (Å²) in [5.74, 6) is 2.36. The van der Waals surface area contributed by atoms with E-state index in [9.17, 15) is 4.79 Å². The summed E-state index contributed by atoms with van der Waals surface area (Å²) in [4.78, 5) is 11.8. The van der Waals surface area contributed by atoms with Crippen molar-refractivity contribution in [2.45, 2.75) is 6.92 Å². The maximum absolute atomic E-state index is 11.8. The summed E-state index contributed by atoms with van der Waals surface area (Å²) >= 11 is 0. The first kappa shape index (κ1) is 13.6. The van der Waals surface area contributed by atoms with Gasteiger partial charge in [-0.05, 0) is 42.3 Å². The van der Waals surface area contributed by atoms with Gasteiger partial charge in [0.1, 0.15) is 0 Å². The molecule has 0 fully saturated rings. The Morgan fingerprint density at radius 2 is 2.00 bits per heavy atom. The first-order valence-corrected chi connectivity index (χ1v) is 6.30. The summed E-state index contributed by atoms with van der Waals surface area (Å²) in [5, 5.41) is 2.79. The smallest absolute Gasteiger partial charge is 0.248 e. The Morgan fingerprint density at radius 3 is 2.75 bits per heavy atom. The average molecular weight is 261 g/mol. The summed E-state index contributed by atoms with van der Waals surface area (Å²) in [6.07, 6.45) is 8.64. The highest BCUT2D eigenvalue weighted by atomic mass is 16.1. The lowest BCUT2D eigenvalue weighted by molar-refractivity contribution is -0.111. The number of benzene rings is 2. The van der Waals surface area contributed by atoms with Crippen molar-refractivity contribution < 1.29 is 4.79 Å². The van der Waals surface area contributed by atoms with Crippen LogP contribution in [0.15, 0.2) is 54.6 Å². The molecule has 20 heavy (non-hydrogen) atoms. The molecule has 0 atom stereocenters. The van der Waals surface area contributed by atoms with Crippen LogP contribution < -0.4 is 5.32 Å². The van der Waals surface area contributed by atoms with E-state index in [2.05, 4.69) is 11.2 Å². The van der Waals surface area contributed by atoms with Crippen LogP contribution in [0.2, 0.25) is 0 Å². The molecule has 0 unspecified atom stereocenters. The van der Waals surface area contributed by atoms with Crippen molar-refractivity contribution in [3.05, 3.63) is 71.3 Å². The van der Waals surface area contributed by atoms with Gasteiger partial charge in [-0.1, -0.05) is 36.3 Å². The lowest BCUT2D eigenvalue weighted by Gasteiger charge is -2.03. The van der Waals surface area contributed by atoms with Crippen molar-refractivity contribution in [2.24, 2.45) is 0 Å². The Kier molecular flexibility index (Phi) is 4.36. The molecule has 0 aliphatic heterocycles. The highest BCUT2D eigenvalue weighted by Gasteiger charge is 1.99. The molecule has 0 heterocycles. The summed E-state index contributed by atoms with van der Waals surface area (Å²) in [5.41, 5.74) is 3.59. The van der Waals surface area contributed by atoms with Gasteiger partial charge in [-0.2, -0.15) is 0 Å². The number of anilines is 1. The maximum atomic E-state index is 11.8. The van der Waals surface area contributed by atoms with Crippen LogP contribution in [-0.2, 0) is 4.79 Å². The van der Waals surface area contributed by atoms with E-state index in [1.807, 2.05) is 43.3 Å². The second kappa shape index (κ2) is 6.40. The topological polar surface area (TPSA) is 29.1 Å². The molecule has 1 amide bonds. The van der Waals surface area contributed by atoms with E-state index in [-0.39, 0.29) is 5.91 Å². The zero-order valence-corrected chi connectivity index (χ0v) is 11.3. The quantitative estimate of drug-likeness (QED) is 0.663. The van der Waals surface area contributed by atoms with Gasteiger partial charge in [0.15, 0.2) is 0 Å². The molecule has 0 radical (unpaired) electrons. The zero-order chi connectivity index (χ0) is 14.4. The lowest BCUT2D eigenvalue weighted by atomic mass is 10.1. The first-order valence-electron chi connectivity index (χ1n) is 6.30. The summed E-state index contributed by atoms with van der Waals surface area (Å²) in [6.45, 7) is 2.01. The Bertz CT molecular complexity index is 693. The number of hydrogen-bond donors (Lipinski definition) is 1. The number of carbonyl (C=O) groups excluding carboxylic acids is 1. The maximum Gasteiger partial charge on any atom is 0.248 e. The molecule has 0 aromatic heterocycles. The minimum atomic E-state index is -0.178. The molecule has 2 nitrogen and oxygen atoms in total. The van der Waals surface area contributed by atoms with E-state index in [1.165, 1.54) is 6.08 Å². The molecular weight excluding hydrogens is 246 g/mol. The molecule has 2 heteroatoms. The number of rotatable bonds is 3. The highest BCUT2D eigenvalue weighted by Crippen LogP contribution is 2.11. The van der Waals surface area contributed by atoms with Crippen molar-refractivity contribution in [3.8, 4) is 12.3 Å². The predicted molar refractivity (Wildman–Crippen MR) is 83.2 cm³/mol. The average Bonchev–Trinajstić information content (AvgIpc) is 2.46. The summed E-state index contributed by atoms with van der Waals surface area (Å²) in [6, 6.07) is 15.1. The van der Waals surface area contributed by atoms with Crippen LogP contribution in [0.5, 0.6) is 0 Å². The highest BCUT2D eigenvalue weighted by molar-refractivity contribution is 6.02. The van der Waals surface area contributed by atoms with Crippen molar-refractivity contribution >= 4 is 17.7 Å². The van der Waals surface area contributed by atoms with Gasteiger partial charge in [-0.25, -0.2) is 0 Å². The fraction of sp³-hybridized carbons (Fsp3) is 0.0556. The van der Waals surface area contributed by atoms with Crippen molar-refractivity contribution in [1.29, 1.82) is 0 Å². The molecular formula is C18H15NO. The summed E-state index contributed by atoms with van der Waals surface area (Å²) in [7, 11) is 0. The second-order valence-electron chi connectivity index (χ2n) is 4.40. The van der Waals surface area contributed by atoms with E-state index >= 15 is 0 Å². The van der Waals surface area contributed by atoms with E-state index in [0.717, 1.165) is 16.7 Å². The third kappa shape index (κ3) is 3.60. The Labute approximate surface area is 119 Å². The molecule has 1 N–H and O–H groups in total. The Morgan fingerprint density at radius 1 is 1.20 bits per heavy atom. The zero-order valence-electron chi connectivity index (χ0n) is 11.3. The number of terminal acetylenes is 1. The molecule has 0 saturated heterocycles. The van der Waals surface area contributed by atoms with Crippen LogP contribution in [0.4, 0.5) is 5.69 Å². The molecule has 0 saturated carbocycles. The molecule has 0 aliphatic rings. The van der Waals surface area contributed by atoms with Crippen molar-refractivity contribution in [1.82, 2.24) is 0 Å². The first-order chi connectivity index (χ1) is 9.69. The molecule has 0 aliphatic carbocycles. The van der Waals surface area contributed by atoms with Crippen LogP contribution in [-0.4, -0.2) is 5.91 Å². The lowest BCUT2D eigenvalue weighted by Crippen LogP contribution is -2.07. The van der Waals surface area contributed by atoms with E-state index < -0.39 is 0 Å². The number of hydrogen-bond acceptors (Lipinski definition) is 1. The normalized spacial score (nSPS) is 10.2. The molecule has 2 aromatic rings. The van der Waals surface area contributed by atoms with Crippen LogP contribution >= 0.6 is 0 Å².